The van der Waals surface area contributed by atoms with Gasteiger partial charge >= 0.3 is 29.4 Å². The van der Waals surface area contributed by atoms with Crippen LogP contribution in [0.4, 0.5) is 5.82 Å². The van der Waals surface area contributed by atoms with Gasteiger partial charge in [-0.2, -0.15) is 18.1 Å². The van der Waals surface area contributed by atoms with Gasteiger partial charge in [-0.15, -0.1) is 0 Å². The molecule has 0 amide bonds. The van der Waals surface area contributed by atoms with Crippen molar-refractivity contribution in [2.75, 3.05) is 32.0 Å². The minimum absolute atomic E-state index is 0.00121. The zero-order valence-electron chi connectivity index (χ0n) is 28.9. The van der Waals surface area contributed by atoms with Crippen LogP contribution >= 0.6 is 23.5 Å². The average molecular weight is 816 g/mol. The fourth-order valence-electron chi connectivity index (χ4n) is 5.71. The van der Waals surface area contributed by atoms with Gasteiger partial charge < -0.3 is 34.8 Å². The van der Waals surface area contributed by atoms with Crippen molar-refractivity contribution in [1.82, 2.24) is 19.5 Å². The summed E-state index contributed by atoms with van der Waals surface area (Å²) in [5, 5.41) is 0. The Morgan fingerprint density at radius 3 is 2.06 bits per heavy atom. The molecule has 2 aromatic carbocycles. The predicted octanol–water partition coefficient (Wildman–Crippen LogP) is 3.28. The summed E-state index contributed by atoms with van der Waals surface area (Å²) in [6.45, 7) is 5.90. The second-order valence-electron chi connectivity index (χ2n) is 11.8. The predicted molar refractivity (Wildman–Crippen MR) is 186 cm³/mol. The number of hydrogen-bond donors (Lipinski definition) is 5. The van der Waals surface area contributed by atoms with E-state index in [0.717, 1.165) is 0 Å². The van der Waals surface area contributed by atoms with Gasteiger partial charge in [0.05, 0.1) is 18.5 Å². The SMILES string of the molecule is CC[N+](CC)(CC)O[C@@H]1[C@H](OC(=O)c2ccc(C(=O)c3ccccc3)cc2)[C@@H](COP(=O)(O)OP(=O)(O)OP(=O)(O)O)O[C@H]1n1cnc2c(N)ncnc21. The smallest absolute Gasteiger partial charge is 0.453 e. The number of phosphoric ester groups is 1. The number of esters is 1. The van der Waals surface area contributed by atoms with E-state index in [1.165, 1.54) is 41.5 Å². The van der Waals surface area contributed by atoms with Crippen molar-refractivity contribution >= 4 is 52.2 Å². The average Bonchev–Trinajstić information content (AvgIpc) is 3.70. The number of nitrogens with zero attached hydrogens (tertiary/aromatic N) is 5. The first-order chi connectivity index (χ1) is 25.4. The van der Waals surface area contributed by atoms with Gasteiger partial charge in [0.2, 0.25) is 6.10 Å². The molecule has 2 unspecified atom stereocenters. The summed E-state index contributed by atoms with van der Waals surface area (Å²) in [6, 6.07) is 14.1. The summed E-state index contributed by atoms with van der Waals surface area (Å²) in [4.78, 5) is 83.6. The molecule has 21 nitrogen and oxygen atoms in total. The van der Waals surface area contributed by atoms with Crippen LogP contribution in [0.1, 0.15) is 53.3 Å². The number of hydrogen-bond acceptors (Lipinski definition) is 15. The van der Waals surface area contributed by atoms with E-state index < -0.39 is 60.6 Å². The van der Waals surface area contributed by atoms with E-state index in [1.807, 2.05) is 20.8 Å². The van der Waals surface area contributed by atoms with E-state index in [1.54, 1.807) is 30.3 Å². The summed E-state index contributed by atoms with van der Waals surface area (Å²) in [6.07, 6.45) is -2.96. The molecule has 54 heavy (non-hydrogen) atoms. The number of nitrogen functional groups attached to an aromatic ring is 1. The third kappa shape index (κ3) is 9.71. The maximum Gasteiger partial charge on any atom is 0.490 e. The Morgan fingerprint density at radius 2 is 1.44 bits per heavy atom. The highest BCUT2D eigenvalue weighted by molar-refractivity contribution is 7.66. The molecule has 3 heterocycles. The van der Waals surface area contributed by atoms with Gasteiger partial charge in [-0.05, 0) is 32.9 Å². The lowest BCUT2D eigenvalue weighted by Crippen LogP contribution is -2.54. The summed E-state index contributed by atoms with van der Waals surface area (Å²) >= 11 is 0. The molecular weight excluding hydrogens is 777 g/mol. The van der Waals surface area contributed by atoms with E-state index in [-0.39, 0.29) is 33.0 Å². The fourth-order valence-corrected chi connectivity index (χ4v) is 8.74. The number of hydroxylamine groups is 3. The van der Waals surface area contributed by atoms with Crippen molar-refractivity contribution in [3.05, 3.63) is 83.9 Å². The molecule has 0 radical (unpaired) electrons. The topological polar surface area (TPSA) is 291 Å². The number of anilines is 1. The standard InChI is InChI=1S/C30H37N6O15P3/c1-4-36(5-2,6-3)49-26-25(48-30(38)21-14-12-20(13-15-21)24(37)19-10-8-7-9-11-19)22(16-46-53(42,43)51-54(44,45)50-52(39,40)41)47-29(26)35-18-34-23-27(31)32-17-33-28(23)35/h7-15,17-18,22,25-26,29H,4-6,16H2,1-3H3,(H5-,31,32,33,39,40,41,42,43,44,45)/p+1/t22-,25-,26-,29-/m1/s1. The molecule has 1 saturated heterocycles. The molecule has 2 aromatic heterocycles. The maximum absolute atomic E-state index is 13.8. The van der Waals surface area contributed by atoms with Crippen LogP contribution in [0, 0.1) is 0 Å². The first-order valence-electron chi connectivity index (χ1n) is 16.2. The van der Waals surface area contributed by atoms with Crippen molar-refractivity contribution in [1.29, 1.82) is 0 Å². The highest BCUT2D eigenvalue weighted by atomic mass is 31.3. The second-order valence-corrected chi connectivity index (χ2v) is 16.2. The molecule has 1 fully saturated rings. The van der Waals surface area contributed by atoms with E-state index in [9.17, 15) is 33.1 Å². The van der Waals surface area contributed by atoms with Crippen LogP contribution in [0.15, 0.2) is 67.3 Å². The van der Waals surface area contributed by atoms with E-state index >= 15 is 0 Å². The number of ketones is 1. The molecule has 6 N–H and O–H groups in total. The van der Waals surface area contributed by atoms with Gasteiger partial charge in [0.15, 0.2) is 29.6 Å². The minimum Gasteiger partial charge on any atom is -0.453 e. The number of rotatable bonds is 17. The Hall–Kier alpha value is -3.78. The van der Waals surface area contributed by atoms with Crippen LogP contribution in [-0.2, 0) is 41.2 Å². The molecule has 4 aromatic rings. The largest absolute Gasteiger partial charge is 0.490 e. The third-order valence-electron chi connectivity index (χ3n) is 8.50. The number of carbonyl (C=O) groups is 2. The number of phosphoric acid groups is 3. The Balaban J connectivity index is 1.51. The molecular formula is C30H38N6O15P3+. The fraction of sp³-hybridized carbons (Fsp3) is 0.367. The minimum atomic E-state index is -5.86. The lowest BCUT2D eigenvalue weighted by molar-refractivity contribution is -1.11. The van der Waals surface area contributed by atoms with Crippen LogP contribution in [0.3, 0.4) is 0 Å². The van der Waals surface area contributed by atoms with Crippen molar-refractivity contribution in [2.24, 2.45) is 0 Å². The molecule has 0 aliphatic carbocycles. The zero-order valence-corrected chi connectivity index (χ0v) is 31.6. The summed E-state index contributed by atoms with van der Waals surface area (Å²) < 4.78 is 62.2. The lowest BCUT2D eigenvalue weighted by Gasteiger charge is -2.37. The summed E-state index contributed by atoms with van der Waals surface area (Å²) in [7, 11) is -17.2. The van der Waals surface area contributed by atoms with Crippen LogP contribution < -0.4 is 5.73 Å². The Labute approximate surface area is 307 Å². The molecule has 1 aliphatic heterocycles. The maximum atomic E-state index is 13.8. The van der Waals surface area contributed by atoms with Crippen molar-refractivity contribution in [3.8, 4) is 0 Å². The van der Waals surface area contributed by atoms with Crippen LogP contribution in [-0.4, -0.2) is 100 Å². The van der Waals surface area contributed by atoms with Gasteiger partial charge in [-0.25, -0.2) is 33.4 Å². The Morgan fingerprint density at radius 1 is 0.833 bits per heavy atom. The van der Waals surface area contributed by atoms with Gasteiger partial charge in [0, 0.05) is 11.1 Å². The van der Waals surface area contributed by atoms with Crippen LogP contribution in [0.25, 0.3) is 11.2 Å². The molecule has 0 spiro atoms. The quantitative estimate of drug-likeness (QED) is 0.0336. The summed E-state index contributed by atoms with van der Waals surface area (Å²) in [5.41, 5.74) is 7.12. The number of fused-ring (bicyclic) bond motifs is 1. The number of ether oxygens (including phenoxy) is 2. The lowest BCUT2D eigenvalue weighted by atomic mass is 10.0. The first kappa shape index (κ1) is 41.4. The van der Waals surface area contributed by atoms with Gasteiger partial charge in [0.25, 0.3) is 0 Å². The third-order valence-corrected chi connectivity index (χ3v) is 12.3. The van der Waals surface area contributed by atoms with Crippen LogP contribution in [0.2, 0.25) is 0 Å². The molecule has 24 heteroatoms. The Bertz CT molecular complexity index is 2100. The van der Waals surface area contributed by atoms with Crippen LogP contribution in [0.5, 0.6) is 0 Å². The number of carbonyl (C=O) groups excluding carboxylic acids is 2. The van der Waals surface area contributed by atoms with Gasteiger partial charge in [-0.1, -0.05) is 42.5 Å². The highest BCUT2D eigenvalue weighted by Crippen LogP contribution is 2.66. The van der Waals surface area contributed by atoms with Crippen molar-refractivity contribution < 1.29 is 75.0 Å². The number of aromatic nitrogens is 4. The molecule has 0 saturated carbocycles. The monoisotopic (exact) mass is 815 g/mol. The number of quaternary nitrogens is 1. The number of imidazole rings is 1. The van der Waals surface area contributed by atoms with Gasteiger partial charge in [0.1, 0.15) is 37.6 Å². The van der Waals surface area contributed by atoms with Crippen molar-refractivity contribution in [2.45, 2.75) is 45.3 Å². The molecule has 5 rings (SSSR count). The summed E-state index contributed by atoms with van der Waals surface area (Å²) in [5.74, 6) is -1.17. The first-order valence-corrected chi connectivity index (χ1v) is 20.7. The number of benzene rings is 2. The zero-order chi connectivity index (χ0) is 39.5. The number of nitrogens with two attached hydrogens (primary N) is 1. The highest BCUT2D eigenvalue weighted by Gasteiger charge is 2.54. The van der Waals surface area contributed by atoms with Crippen molar-refractivity contribution in [3.63, 3.8) is 0 Å². The second kappa shape index (κ2) is 16.5. The molecule has 292 valence electrons. The molecule has 0 bridgehead atoms. The Kier molecular flexibility index (Phi) is 12.7. The molecule has 6 atom stereocenters. The van der Waals surface area contributed by atoms with E-state index in [0.29, 0.717) is 30.8 Å². The van der Waals surface area contributed by atoms with Gasteiger partial charge in [-0.3, -0.25) is 13.9 Å². The van der Waals surface area contributed by atoms with E-state index in [4.69, 9.17) is 34.4 Å². The molecule has 1 aliphatic rings. The van der Waals surface area contributed by atoms with E-state index in [2.05, 4.69) is 23.6 Å². The normalized spacial score (nSPS) is 21.4.